The third-order valence-corrected chi connectivity index (χ3v) is 2.74. The molecule has 2 aromatic rings. The maximum absolute atomic E-state index is 10.7. The van der Waals surface area contributed by atoms with Crippen molar-refractivity contribution in [1.82, 2.24) is 10.2 Å². The molecule has 66 valence electrons. The number of nitrogens with zero attached hydrogens (tertiary/aromatic N) is 2. The molecular formula is C7H3ClN2O2S. The van der Waals surface area contributed by atoms with Crippen molar-refractivity contribution in [2.75, 3.05) is 0 Å². The highest BCUT2D eigenvalue weighted by atomic mass is 35.5. The van der Waals surface area contributed by atoms with Gasteiger partial charge in [-0.3, -0.25) is 0 Å². The Morgan fingerprint density at radius 3 is 3.00 bits per heavy atom. The first kappa shape index (κ1) is 8.40. The molecule has 0 atom stereocenters. The fourth-order valence-corrected chi connectivity index (χ4v) is 2.11. The van der Waals surface area contributed by atoms with Gasteiger partial charge in [0, 0.05) is 5.39 Å². The molecule has 0 bridgehead atoms. The zero-order valence-corrected chi connectivity index (χ0v) is 7.76. The predicted octanol–water partition coefficient (Wildman–Crippen LogP) is 2.04. The molecule has 0 aliphatic carbocycles. The number of rotatable bonds is 1. The summed E-state index contributed by atoms with van der Waals surface area (Å²) in [5, 5.41) is 18.4. The molecule has 13 heavy (non-hydrogen) atoms. The molecule has 1 N–H and O–H groups in total. The van der Waals surface area contributed by atoms with Crippen molar-refractivity contribution in [2.45, 2.75) is 0 Å². The van der Waals surface area contributed by atoms with Crippen LogP contribution in [0.2, 0.25) is 5.15 Å². The van der Waals surface area contributed by atoms with Crippen molar-refractivity contribution in [1.29, 1.82) is 0 Å². The lowest BCUT2D eigenvalue weighted by atomic mass is 10.3. The van der Waals surface area contributed by atoms with Gasteiger partial charge < -0.3 is 5.11 Å². The average molecular weight is 215 g/mol. The maximum atomic E-state index is 10.7. The average Bonchev–Trinajstić information content (AvgIpc) is 2.53. The van der Waals surface area contributed by atoms with Crippen LogP contribution in [-0.2, 0) is 0 Å². The fourth-order valence-electron chi connectivity index (χ4n) is 0.988. The van der Waals surface area contributed by atoms with E-state index in [4.69, 9.17) is 16.7 Å². The summed E-state index contributed by atoms with van der Waals surface area (Å²) in [6, 6.07) is 1.73. The standard InChI is InChI=1S/C7H3ClN2O2S/c8-6-3-1-2-13-5(3)4(7(11)12)9-10-6/h1-2H,(H,11,12). The topological polar surface area (TPSA) is 63.1 Å². The van der Waals surface area contributed by atoms with E-state index in [1.165, 1.54) is 11.3 Å². The van der Waals surface area contributed by atoms with Crippen molar-refractivity contribution in [3.63, 3.8) is 0 Å². The molecule has 6 heteroatoms. The minimum atomic E-state index is -1.09. The molecule has 0 unspecified atom stereocenters. The van der Waals surface area contributed by atoms with Crippen molar-refractivity contribution in [3.05, 3.63) is 22.3 Å². The van der Waals surface area contributed by atoms with E-state index in [1.807, 2.05) is 0 Å². The summed E-state index contributed by atoms with van der Waals surface area (Å²) in [7, 11) is 0. The van der Waals surface area contributed by atoms with Crippen molar-refractivity contribution in [3.8, 4) is 0 Å². The Kier molecular flexibility index (Phi) is 1.90. The molecular weight excluding hydrogens is 212 g/mol. The highest BCUT2D eigenvalue weighted by Gasteiger charge is 2.14. The summed E-state index contributed by atoms with van der Waals surface area (Å²) in [5.74, 6) is -1.09. The molecule has 0 fully saturated rings. The summed E-state index contributed by atoms with van der Waals surface area (Å²) in [6.07, 6.45) is 0. The Morgan fingerprint density at radius 2 is 2.31 bits per heavy atom. The number of thiophene rings is 1. The van der Waals surface area contributed by atoms with E-state index in [1.54, 1.807) is 11.4 Å². The van der Waals surface area contributed by atoms with Crippen LogP contribution in [0.5, 0.6) is 0 Å². The molecule has 0 aliphatic heterocycles. The Morgan fingerprint density at radius 1 is 1.54 bits per heavy atom. The number of aromatic nitrogens is 2. The summed E-state index contributed by atoms with van der Waals surface area (Å²) < 4.78 is 0.563. The molecule has 0 spiro atoms. The molecule has 2 heterocycles. The minimum Gasteiger partial charge on any atom is -0.476 e. The van der Waals surface area contributed by atoms with Gasteiger partial charge in [0.05, 0.1) is 4.70 Å². The first-order chi connectivity index (χ1) is 6.20. The zero-order chi connectivity index (χ0) is 9.42. The van der Waals surface area contributed by atoms with Gasteiger partial charge in [-0.1, -0.05) is 11.6 Å². The van der Waals surface area contributed by atoms with Gasteiger partial charge in [-0.25, -0.2) is 4.79 Å². The Hall–Kier alpha value is -1.20. The number of carboxylic acids is 1. The van der Waals surface area contributed by atoms with E-state index in [-0.39, 0.29) is 10.8 Å². The van der Waals surface area contributed by atoms with Crippen LogP contribution in [0.1, 0.15) is 10.5 Å². The van der Waals surface area contributed by atoms with Crippen LogP contribution in [0, 0.1) is 0 Å². The number of carboxylic acid groups (broad SMARTS) is 1. The molecule has 0 radical (unpaired) electrons. The van der Waals surface area contributed by atoms with Crippen LogP contribution >= 0.6 is 22.9 Å². The second-order valence-corrected chi connectivity index (χ2v) is 3.58. The van der Waals surface area contributed by atoms with Crippen LogP contribution in [-0.4, -0.2) is 21.3 Å². The third kappa shape index (κ3) is 1.26. The summed E-state index contributed by atoms with van der Waals surface area (Å²) >= 11 is 7.00. The molecule has 4 nitrogen and oxygen atoms in total. The first-order valence-electron chi connectivity index (χ1n) is 3.33. The fraction of sp³-hybridized carbons (Fsp3) is 0. The lowest BCUT2D eigenvalue weighted by molar-refractivity contribution is 0.0692. The Labute approximate surface area is 81.8 Å². The van der Waals surface area contributed by atoms with Crippen LogP contribution in [0.25, 0.3) is 10.1 Å². The molecule has 0 saturated carbocycles. The van der Waals surface area contributed by atoms with E-state index < -0.39 is 5.97 Å². The third-order valence-electron chi connectivity index (χ3n) is 1.54. The Balaban J connectivity index is 2.86. The van der Waals surface area contributed by atoms with Gasteiger partial charge in [0.2, 0.25) is 0 Å². The van der Waals surface area contributed by atoms with Crippen LogP contribution in [0.3, 0.4) is 0 Å². The molecule has 0 aliphatic rings. The summed E-state index contributed by atoms with van der Waals surface area (Å²) in [6.45, 7) is 0. The lowest BCUT2D eigenvalue weighted by Gasteiger charge is -1.95. The second kappa shape index (κ2) is 2.93. The zero-order valence-electron chi connectivity index (χ0n) is 6.19. The lowest BCUT2D eigenvalue weighted by Crippen LogP contribution is -2.01. The molecule has 2 aromatic heterocycles. The second-order valence-electron chi connectivity index (χ2n) is 2.31. The van der Waals surface area contributed by atoms with Gasteiger partial charge in [0.15, 0.2) is 10.8 Å². The number of hydrogen-bond donors (Lipinski definition) is 1. The molecule has 2 rings (SSSR count). The SMILES string of the molecule is O=C(O)c1nnc(Cl)c2ccsc12. The van der Waals surface area contributed by atoms with E-state index in [2.05, 4.69) is 10.2 Å². The molecule has 0 aromatic carbocycles. The van der Waals surface area contributed by atoms with Crippen LogP contribution < -0.4 is 0 Å². The van der Waals surface area contributed by atoms with E-state index in [0.29, 0.717) is 10.1 Å². The number of fused-ring (bicyclic) bond motifs is 1. The van der Waals surface area contributed by atoms with Crippen molar-refractivity contribution in [2.24, 2.45) is 0 Å². The van der Waals surface area contributed by atoms with Crippen LogP contribution in [0.4, 0.5) is 0 Å². The Bertz CT molecular complexity index is 482. The van der Waals surface area contributed by atoms with Crippen molar-refractivity contribution >= 4 is 39.0 Å². The first-order valence-corrected chi connectivity index (χ1v) is 4.58. The minimum absolute atomic E-state index is 0.0469. The number of halogens is 1. The predicted molar refractivity (Wildman–Crippen MR) is 49.4 cm³/mol. The van der Waals surface area contributed by atoms with Gasteiger partial charge in [-0.05, 0) is 11.4 Å². The van der Waals surface area contributed by atoms with Gasteiger partial charge in [0.1, 0.15) is 0 Å². The maximum Gasteiger partial charge on any atom is 0.357 e. The molecule has 0 amide bonds. The number of carbonyl (C=O) groups is 1. The largest absolute Gasteiger partial charge is 0.476 e. The number of aromatic carboxylic acids is 1. The van der Waals surface area contributed by atoms with Crippen LogP contribution in [0.15, 0.2) is 11.4 Å². The van der Waals surface area contributed by atoms with Gasteiger partial charge in [-0.15, -0.1) is 21.5 Å². The van der Waals surface area contributed by atoms with Gasteiger partial charge >= 0.3 is 5.97 Å². The monoisotopic (exact) mass is 214 g/mol. The van der Waals surface area contributed by atoms with E-state index >= 15 is 0 Å². The smallest absolute Gasteiger partial charge is 0.357 e. The quantitative estimate of drug-likeness (QED) is 0.789. The van der Waals surface area contributed by atoms with Crippen molar-refractivity contribution < 1.29 is 9.90 Å². The highest BCUT2D eigenvalue weighted by Crippen LogP contribution is 2.27. The molecule has 0 saturated heterocycles. The summed E-state index contributed by atoms with van der Waals surface area (Å²) in [5.41, 5.74) is -0.0469. The summed E-state index contributed by atoms with van der Waals surface area (Å²) in [4.78, 5) is 10.7. The van der Waals surface area contributed by atoms with Gasteiger partial charge in [0.25, 0.3) is 0 Å². The van der Waals surface area contributed by atoms with E-state index in [9.17, 15) is 4.79 Å². The van der Waals surface area contributed by atoms with Gasteiger partial charge in [-0.2, -0.15) is 0 Å². The number of hydrogen-bond acceptors (Lipinski definition) is 4. The highest BCUT2D eigenvalue weighted by molar-refractivity contribution is 7.17. The normalized spacial score (nSPS) is 10.5. The van der Waals surface area contributed by atoms with E-state index in [0.717, 1.165) is 0 Å².